The van der Waals surface area contributed by atoms with Gasteiger partial charge >= 0.3 is 0 Å². The second kappa shape index (κ2) is 9.52. The molecule has 1 heterocycles. The van der Waals surface area contributed by atoms with Gasteiger partial charge in [0.1, 0.15) is 0 Å². The zero-order valence-corrected chi connectivity index (χ0v) is 21.0. The first-order chi connectivity index (χ1) is 15.7. The van der Waals surface area contributed by atoms with Gasteiger partial charge in [0.05, 0.1) is 23.3 Å². The summed E-state index contributed by atoms with van der Waals surface area (Å²) in [6.45, 7) is -0.109. The molecular formula is C22H18Br2ClN3O5. The van der Waals surface area contributed by atoms with Crippen LogP contribution >= 0.6 is 43.5 Å². The minimum atomic E-state index is -0.629. The molecule has 172 valence electrons. The van der Waals surface area contributed by atoms with Crippen LogP contribution in [0.5, 0.6) is 0 Å². The molecule has 3 amide bonds. The van der Waals surface area contributed by atoms with Gasteiger partial charge in [-0.3, -0.25) is 24.5 Å². The van der Waals surface area contributed by atoms with Crippen molar-refractivity contribution in [2.24, 2.45) is 11.8 Å². The molecule has 2 aromatic rings. The van der Waals surface area contributed by atoms with Crippen molar-refractivity contribution in [3.05, 3.63) is 74.8 Å². The Morgan fingerprint density at radius 2 is 1.58 bits per heavy atom. The largest absolute Gasteiger partial charge is 0.273 e. The predicted octanol–water partition coefficient (Wildman–Crippen LogP) is 4.73. The second-order valence-corrected chi connectivity index (χ2v) is 10.7. The highest BCUT2D eigenvalue weighted by atomic mass is 79.9. The second-order valence-electron chi connectivity index (χ2n) is 7.96. The fourth-order valence-electron chi connectivity index (χ4n) is 4.21. The lowest BCUT2D eigenvalue weighted by Crippen LogP contribution is -2.49. The zero-order chi connectivity index (χ0) is 23.9. The molecule has 8 nitrogen and oxygen atoms in total. The van der Waals surface area contributed by atoms with Gasteiger partial charge in [-0.2, -0.15) is 5.01 Å². The third kappa shape index (κ3) is 4.56. The van der Waals surface area contributed by atoms with Crippen LogP contribution in [0.1, 0.15) is 28.8 Å². The lowest BCUT2D eigenvalue weighted by Gasteiger charge is -2.31. The average molecular weight is 600 g/mol. The molecular weight excluding hydrogens is 582 g/mol. The van der Waals surface area contributed by atoms with Gasteiger partial charge < -0.3 is 0 Å². The number of nitrogens with zero attached hydrogens (tertiary/aromatic N) is 3. The van der Waals surface area contributed by atoms with E-state index in [0.717, 1.165) is 10.0 Å². The Morgan fingerprint density at radius 3 is 2.09 bits per heavy atom. The van der Waals surface area contributed by atoms with Crippen LogP contribution in [0.3, 0.4) is 0 Å². The lowest BCUT2D eigenvalue weighted by molar-refractivity contribution is -0.384. The number of alkyl halides is 2. The number of rotatable bonds is 5. The van der Waals surface area contributed by atoms with Gasteiger partial charge in [0.15, 0.2) is 0 Å². The van der Waals surface area contributed by atoms with Crippen molar-refractivity contribution in [3.63, 3.8) is 0 Å². The maximum Gasteiger partial charge on any atom is 0.273 e. The Kier molecular flexibility index (Phi) is 6.88. The standard InChI is InChI=1S/C22H18Br2ClN3O5/c23-17-9-15-16(10-18(17)24)22(31)27(21(15)30)26(11-13-3-1-2-4-19(13)25)20(29)12-5-7-14(8-6-12)28(32)33/h1-8,15-18H,9-11H2/t15-,16-,17+,18+/m1/s1. The molecule has 33 heavy (non-hydrogen) atoms. The topological polar surface area (TPSA) is 101 Å². The van der Waals surface area contributed by atoms with Crippen molar-refractivity contribution in [1.29, 1.82) is 0 Å². The third-order valence-corrected chi connectivity index (χ3v) is 9.07. The average Bonchev–Trinajstić information content (AvgIpc) is 3.02. The number of nitro groups is 1. The molecule has 2 aliphatic rings. The van der Waals surface area contributed by atoms with E-state index < -0.39 is 34.5 Å². The summed E-state index contributed by atoms with van der Waals surface area (Å²) in [7, 11) is 0. The smallest absolute Gasteiger partial charge is 0.272 e. The zero-order valence-electron chi connectivity index (χ0n) is 17.1. The van der Waals surface area contributed by atoms with Crippen molar-refractivity contribution in [3.8, 4) is 0 Å². The lowest BCUT2D eigenvalue weighted by atomic mass is 9.81. The number of hydrogen-bond donors (Lipinski definition) is 0. The molecule has 11 heteroatoms. The van der Waals surface area contributed by atoms with E-state index in [0.29, 0.717) is 23.4 Å². The first-order valence-electron chi connectivity index (χ1n) is 10.1. The number of halogens is 3. The molecule has 2 aromatic carbocycles. The SMILES string of the molecule is O=C(c1ccc([N+](=O)[O-])cc1)N(Cc1ccccc1Cl)N1C(=O)[C@@H]2C[C@H](Br)[C@@H](Br)C[C@H]2C1=O. The molecule has 1 saturated carbocycles. The minimum absolute atomic E-state index is 0.0258. The fraction of sp³-hybridized carbons (Fsp3) is 0.318. The molecule has 1 aliphatic carbocycles. The monoisotopic (exact) mass is 597 g/mol. The van der Waals surface area contributed by atoms with E-state index in [1.165, 1.54) is 24.3 Å². The summed E-state index contributed by atoms with van der Waals surface area (Å²) in [6, 6.07) is 11.9. The summed E-state index contributed by atoms with van der Waals surface area (Å²) in [6.07, 6.45) is 0.931. The normalized spacial score (nSPS) is 24.5. The molecule has 0 spiro atoms. The summed E-state index contributed by atoms with van der Waals surface area (Å²) < 4.78 is 0. The van der Waals surface area contributed by atoms with Crippen LogP contribution in [0, 0.1) is 22.0 Å². The highest BCUT2D eigenvalue weighted by Crippen LogP contribution is 2.44. The molecule has 0 bridgehead atoms. The van der Waals surface area contributed by atoms with Crippen LogP contribution in [0.25, 0.3) is 0 Å². The van der Waals surface area contributed by atoms with E-state index in [1.54, 1.807) is 24.3 Å². The molecule has 1 aliphatic heterocycles. The Bertz CT molecular complexity index is 1100. The van der Waals surface area contributed by atoms with Crippen molar-refractivity contribution >= 4 is 66.9 Å². The van der Waals surface area contributed by atoms with Gasteiger partial charge in [-0.25, -0.2) is 5.01 Å². The van der Waals surface area contributed by atoms with Crippen molar-refractivity contribution < 1.29 is 19.3 Å². The van der Waals surface area contributed by atoms with Gasteiger partial charge in [-0.1, -0.05) is 61.7 Å². The summed E-state index contributed by atoms with van der Waals surface area (Å²) in [4.78, 5) is 50.7. The molecule has 0 N–H and O–H groups in total. The molecule has 4 atom stereocenters. The number of imide groups is 1. The first kappa shape index (κ1) is 23.8. The Balaban J connectivity index is 1.72. The van der Waals surface area contributed by atoms with Gasteiger partial charge in [0.25, 0.3) is 23.4 Å². The first-order valence-corrected chi connectivity index (χ1v) is 12.4. The Labute approximate surface area is 211 Å². The van der Waals surface area contributed by atoms with E-state index in [9.17, 15) is 24.5 Å². The maximum atomic E-state index is 13.5. The van der Waals surface area contributed by atoms with Crippen LogP contribution in [0.15, 0.2) is 48.5 Å². The number of nitro benzene ring substituents is 1. The maximum absolute atomic E-state index is 13.5. The number of fused-ring (bicyclic) bond motifs is 1. The summed E-state index contributed by atoms with van der Waals surface area (Å²) >= 11 is 13.4. The number of carbonyl (C=O) groups is 3. The predicted molar refractivity (Wildman–Crippen MR) is 128 cm³/mol. The van der Waals surface area contributed by atoms with E-state index in [4.69, 9.17) is 11.6 Å². The molecule has 4 rings (SSSR count). The quantitative estimate of drug-likeness (QED) is 0.214. The van der Waals surface area contributed by atoms with E-state index in [1.807, 2.05) is 0 Å². The summed E-state index contributed by atoms with van der Waals surface area (Å²) in [5.41, 5.74) is 0.497. The van der Waals surface area contributed by atoms with E-state index in [2.05, 4.69) is 31.9 Å². The van der Waals surface area contributed by atoms with Crippen LogP contribution in [0.4, 0.5) is 5.69 Å². The highest BCUT2D eigenvalue weighted by Gasteiger charge is 2.54. The molecule has 0 unspecified atom stereocenters. The van der Waals surface area contributed by atoms with Crippen LogP contribution < -0.4 is 0 Å². The van der Waals surface area contributed by atoms with Crippen molar-refractivity contribution in [2.45, 2.75) is 29.0 Å². The van der Waals surface area contributed by atoms with Gasteiger partial charge in [0, 0.05) is 32.4 Å². The number of hydrogen-bond acceptors (Lipinski definition) is 5. The van der Waals surface area contributed by atoms with Crippen LogP contribution in [-0.4, -0.2) is 42.3 Å². The molecule has 1 saturated heterocycles. The minimum Gasteiger partial charge on any atom is -0.272 e. The Hall–Kier alpha value is -2.30. The summed E-state index contributed by atoms with van der Waals surface area (Å²) in [5.74, 6) is -2.56. The highest BCUT2D eigenvalue weighted by molar-refractivity contribution is 9.12. The molecule has 0 aromatic heterocycles. The van der Waals surface area contributed by atoms with E-state index in [-0.39, 0.29) is 27.4 Å². The van der Waals surface area contributed by atoms with E-state index >= 15 is 0 Å². The Morgan fingerprint density at radius 1 is 1.03 bits per heavy atom. The van der Waals surface area contributed by atoms with Gasteiger partial charge in [0.2, 0.25) is 0 Å². The summed E-state index contributed by atoms with van der Waals surface area (Å²) in [5, 5.41) is 13.4. The number of benzene rings is 2. The molecule has 0 radical (unpaired) electrons. The van der Waals surface area contributed by atoms with Crippen LogP contribution in [-0.2, 0) is 16.1 Å². The number of non-ortho nitro benzene ring substituents is 1. The van der Waals surface area contributed by atoms with Gasteiger partial charge in [-0.05, 0) is 36.6 Å². The fourth-order valence-corrected chi connectivity index (χ4v) is 5.64. The number of carbonyl (C=O) groups excluding carboxylic acids is 3. The van der Waals surface area contributed by atoms with Crippen molar-refractivity contribution in [1.82, 2.24) is 10.0 Å². The molecule has 2 fully saturated rings. The number of hydrazine groups is 1. The number of amides is 3. The van der Waals surface area contributed by atoms with Gasteiger partial charge in [-0.15, -0.1) is 0 Å². The third-order valence-electron chi connectivity index (χ3n) is 5.97. The van der Waals surface area contributed by atoms with Crippen molar-refractivity contribution in [2.75, 3.05) is 0 Å². The van der Waals surface area contributed by atoms with Crippen LogP contribution in [0.2, 0.25) is 5.02 Å².